The highest BCUT2D eigenvalue weighted by atomic mass is 19.1. The summed E-state index contributed by atoms with van der Waals surface area (Å²) in [7, 11) is 1.75. The predicted octanol–water partition coefficient (Wildman–Crippen LogP) is 3.79. The van der Waals surface area contributed by atoms with Crippen LogP contribution < -0.4 is 26.0 Å². The number of carbonyl (C=O) groups is 1. The number of ether oxygens (including phenoxy) is 1. The van der Waals surface area contributed by atoms with Crippen molar-refractivity contribution in [3.63, 3.8) is 0 Å². The van der Waals surface area contributed by atoms with E-state index in [-0.39, 0.29) is 29.8 Å². The number of aromatic nitrogens is 4. The number of nitrogens with zero attached hydrogens (tertiary/aromatic N) is 4. The quantitative estimate of drug-likeness (QED) is 0.290. The summed E-state index contributed by atoms with van der Waals surface area (Å²) < 4.78 is 20.6. The molecule has 198 valence electrons. The number of nitrogens with two attached hydrogens (primary N) is 1. The summed E-state index contributed by atoms with van der Waals surface area (Å²) in [6.07, 6.45) is 3.37. The van der Waals surface area contributed by atoms with Crippen LogP contribution in [0.4, 0.5) is 15.9 Å². The van der Waals surface area contributed by atoms with Crippen molar-refractivity contribution in [2.45, 2.75) is 38.8 Å². The Balaban J connectivity index is 1.38. The van der Waals surface area contributed by atoms with Gasteiger partial charge in [0.1, 0.15) is 28.7 Å². The monoisotopic (exact) mass is 518 g/mol. The zero-order chi connectivity index (χ0) is 26.6. The molecule has 38 heavy (non-hydrogen) atoms. The van der Waals surface area contributed by atoms with Crippen molar-refractivity contribution < 1.29 is 13.9 Å². The van der Waals surface area contributed by atoms with E-state index >= 15 is 0 Å². The molecule has 1 saturated heterocycles. The Hall–Kier alpha value is -3.99. The lowest BCUT2D eigenvalue weighted by Crippen LogP contribution is -2.41. The van der Waals surface area contributed by atoms with E-state index in [1.165, 1.54) is 18.3 Å². The third kappa shape index (κ3) is 4.26. The van der Waals surface area contributed by atoms with Gasteiger partial charge in [-0.1, -0.05) is 13.8 Å². The van der Waals surface area contributed by atoms with Crippen LogP contribution in [0.3, 0.4) is 0 Å². The minimum atomic E-state index is -0.345. The highest BCUT2D eigenvalue weighted by Gasteiger charge is 2.44. The summed E-state index contributed by atoms with van der Waals surface area (Å²) in [5.41, 5.74) is 8.54. The van der Waals surface area contributed by atoms with Gasteiger partial charge in [0.2, 0.25) is 0 Å². The van der Waals surface area contributed by atoms with E-state index in [0.717, 1.165) is 30.3 Å². The summed E-state index contributed by atoms with van der Waals surface area (Å²) in [6.45, 7) is 5.41. The fourth-order valence-electron chi connectivity index (χ4n) is 5.60. The number of aromatic amines is 1. The number of amides is 1. The maximum Gasteiger partial charge on any atom is 0.326 e. The fourth-order valence-corrected chi connectivity index (χ4v) is 5.60. The minimum Gasteiger partial charge on any atom is -0.423 e. The van der Waals surface area contributed by atoms with E-state index < -0.39 is 0 Å². The number of anilines is 2. The molecule has 2 aliphatic rings. The second-order valence-electron chi connectivity index (χ2n) is 10.6. The third-order valence-electron chi connectivity index (χ3n) is 7.47. The first-order valence-electron chi connectivity index (χ1n) is 13.0. The zero-order valence-electron chi connectivity index (χ0n) is 21.6. The molecule has 3 atom stereocenters. The first-order chi connectivity index (χ1) is 18.3. The summed E-state index contributed by atoms with van der Waals surface area (Å²) in [5, 5.41) is 7.36. The molecule has 5 N–H and O–H groups in total. The van der Waals surface area contributed by atoms with Crippen molar-refractivity contribution in [3.8, 4) is 11.8 Å². The van der Waals surface area contributed by atoms with Gasteiger partial charge in [0, 0.05) is 37.6 Å². The number of hydrogen-bond acceptors (Lipinski definition) is 8. The summed E-state index contributed by atoms with van der Waals surface area (Å²) in [4.78, 5) is 31.6. The van der Waals surface area contributed by atoms with Crippen molar-refractivity contribution in [3.05, 3.63) is 42.0 Å². The number of carbonyl (C=O) groups excluding carboxylic acids is 1. The number of piperidine rings is 1. The van der Waals surface area contributed by atoms with Crippen LogP contribution in [0.1, 0.15) is 37.2 Å². The molecule has 1 aromatic carbocycles. The average Bonchev–Trinajstić information content (AvgIpc) is 3.58. The van der Waals surface area contributed by atoms with Crippen LogP contribution >= 0.6 is 0 Å². The SMILES string of the molecule is CNc1cc(F)cc2c1[nH]c1nc(Oc3ccc(C(=O)NCC(C)C)nc3)nc(N3CC4CC3C[C@@H]4N)c12. The second-order valence-corrected chi connectivity index (χ2v) is 10.6. The number of rotatable bonds is 7. The Labute approximate surface area is 219 Å². The molecule has 0 spiro atoms. The molecule has 11 heteroatoms. The predicted molar refractivity (Wildman–Crippen MR) is 144 cm³/mol. The van der Waals surface area contributed by atoms with Gasteiger partial charge in [0.05, 0.1) is 22.8 Å². The molecule has 4 heterocycles. The maximum atomic E-state index is 14.6. The second kappa shape index (κ2) is 9.39. The largest absolute Gasteiger partial charge is 0.423 e. The number of halogens is 1. The average molecular weight is 519 g/mol. The van der Waals surface area contributed by atoms with E-state index in [0.29, 0.717) is 52.4 Å². The summed E-state index contributed by atoms with van der Waals surface area (Å²) >= 11 is 0. The Kier molecular flexibility index (Phi) is 6.02. The lowest BCUT2D eigenvalue weighted by molar-refractivity contribution is 0.0944. The van der Waals surface area contributed by atoms with Crippen molar-refractivity contribution in [1.82, 2.24) is 25.3 Å². The van der Waals surface area contributed by atoms with Gasteiger partial charge in [0.15, 0.2) is 0 Å². The highest BCUT2D eigenvalue weighted by molar-refractivity contribution is 6.14. The minimum absolute atomic E-state index is 0.136. The van der Waals surface area contributed by atoms with Gasteiger partial charge in [-0.05, 0) is 48.9 Å². The number of H-pyrrole nitrogens is 1. The molecule has 1 aliphatic heterocycles. The summed E-state index contributed by atoms with van der Waals surface area (Å²) in [5.74, 6) is 1.25. The Morgan fingerprint density at radius 1 is 1.29 bits per heavy atom. The first-order valence-corrected chi connectivity index (χ1v) is 13.0. The molecule has 6 rings (SSSR count). The molecule has 1 saturated carbocycles. The molecule has 2 unspecified atom stereocenters. The van der Waals surface area contributed by atoms with Gasteiger partial charge in [-0.15, -0.1) is 0 Å². The maximum absolute atomic E-state index is 14.6. The van der Waals surface area contributed by atoms with Gasteiger partial charge in [-0.2, -0.15) is 9.97 Å². The molecular weight excluding hydrogens is 487 g/mol. The molecule has 2 bridgehead atoms. The number of fused-ring (bicyclic) bond motifs is 5. The Morgan fingerprint density at radius 2 is 2.13 bits per heavy atom. The van der Waals surface area contributed by atoms with E-state index in [2.05, 4.69) is 30.5 Å². The van der Waals surface area contributed by atoms with Crippen molar-refractivity contribution in [1.29, 1.82) is 0 Å². The van der Waals surface area contributed by atoms with E-state index in [4.69, 9.17) is 15.5 Å². The molecule has 0 radical (unpaired) electrons. The fraction of sp³-hybridized carbons (Fsp3) is 0.407. The van der Waals surface area contributed by atoms with Crippen LogP contribution in [0.5, 0.6) is 11.8 Å². The van der Waals surface area contributed by atoms with Crippen molar-refractivity contribution >= 4 is 39.3 Å². The molecule has 10 nitrogen and oxygen atoms in total. The smallest absolute Gasteiger partial charge is 0.326 e. The van der Waals surface area contributed by atoms with Gasteiger partial charge >= 0.3 is 6.01 Å². The Morgan fingerprint density at radius 3 is 2.79 bits per heavy atom. The van der Waals surface area contributed by atoms with E-state index in [9.17, 15) is 9.18 Å². The molecule has 2 fully saturated rings. The van der Waals surface area contributed by atoms with Crippen molar-refractivity contribution in [2.75, 3.05) is 30.4 Å². The highest BCUT2D eigenvalue weighted by Crippen LogP contribution is 2.44. The van der Waals surface area contributed by atoms with Crippen molar-refractivity contribution in [2.24, 2.45) is 17.6 Å². The van der Waals surface area contributed by atoms with Crippen LogP contribution in [0, 0.1) is 17.7 Å². The zero-order valence-corrected chi connectivity index (χ0v) is 21.6. The van der Waals surface area contributed by atoms with Gasteiger partial charge < -0.3 is 31.0 Å². The molecule has 4 aromatic rings. The normalized spacial score (nSPS) is 20.6. The number of nitrogens with one attached hydrogen (secondary N) is 3. The Bertz CT molecular complexity index is 1520. The number of benzene rings is 1. The molecule has 1 aliphatic carbocycles. The van der Waals surface area contributed by atoms with Gasteiger partial charge in [-0.3, -0.25) is 4.79 Å². The van der Waals surface area contributed by atoms with E-state index in [1.54, 1.807) is 19.2 Å². The first kappa shape index (κ1) is 24.4. The van der Waals surface area contributed by atoms with Crippen LogP contribution in [0.25, 0.3) is 21.9 Å². The molecular formula is C27H31FN8O2. The standard InChI is InChI=1S/C27H31FN8O2/c1-13(2)10-32-26(37)20-5-4-17(11-31-20)38-27-34-24-22(18-7-15(28)8-21(30-3)23(18)33-24)25(35-27)36-12-14-6-16(36)9-19(14)29/h4-5,7-8,11,13-14,16,19,30H,6,9-10,12,29H2,1-3H3,(H,32,37)(H,33,34,35)/t14?,16?,19-/m0/s1. The van der Waals surface area contributed by atoms with Gasteiger partial charge in [-0.25, -0.2) is 9.37 Å². The molecule has 1 amide bonds. The van der Waals surface area contributed by atoms with Crippen LogP contribution in [-0.2, 0) is 0 Å². The third-order valence-corrected chi connectivity index (χ3v) is 7.47. The lowest BCUT2D eigenvalue weighted by Gasteiger charge is -2.31. The number of hydrogen-bond donors (Lipinski definition) is 4. The lowest BCUT2D eigenvalue weighted by atomic mass is 10.0. The van der Waals surface area contributed by atoms with Crippen LogP contribution in [0.2, 0.25) is 0 Å². The van der Waals surface area contributed by atoms with Crippen LogP contribution in [0.15, 0.2) is 30.5 Å². The topological polar surface area (TPSA) is 134 Å². The van der Waals surface area contributed by atoms with Crippen LogP contribution in [-0.4, -0.2) is 58.1 Å². The number of pyridine rings is 1. The molecule has 3 aromatic heterocycles. The van der Waals surface area contributed by atoms with Gasteiger partial charge in [0.25, 0.3) is 5.91 Å². The summed E-state index contributed by atoms with van der Waals surface area (Å²) in [6, 6.07) is 6.81. The van der Waals surface area contributed by atoms with E-state index in [1.807, 2.05) is 13.8 Å².